The van der Waals surface area contributed by atoms with Gasteiger partial charge in [-0.1, -0.05) is 0 Å². The Labute approximate surface area is 140 Å². The van der Waals surface area contributed by atoms with Gasteiger partial charge in [0.25, 0.3) is 0 Å². The van der Waals surface area contributed by atoms with Gasteiger partial charge >= 0.3 is 44.3 Å². The maximum Gasteiger partial charge on any atom is 3.00 e. The van der Waals surface area contributed by atoms with E-state index in [4.69, 9.17) is 59.4 Å². The van der Waals surface area contributed by atoms with Gasteiger partial charge in [0, 0.05) is 0 Å². The zero-order valence-electron chi connectivity index (χ0n) is 9.85. The van der Waals surface area contributed by atoms with Crippen molar-refractivity contribution in [2.75, 3.05) is 0 Å². The van der Waals surface area contributed by atoms with Gasteiger partial charge in [-0.3, -0.25) is 0 Å². The molecule has 0 aromatic rings. The molecule has 1 radical (unpaired) electrons. The van der Waals surface area contributed by atoms with Crippen molar-refractivity contribution >= 4 is 44.2 Å². The van der Waals surface area contributed by atoms with Crippen LogP contribution < -0.4 is 49.5 Å². The van der Waals surface area contributed by atoms with Gasteiger partial charge in [0.15, 0.2) is 0 Å². The number of carbonyl (C=O) groups excluding carboxylic acids is 6. The van der Waals surface area contributed by atoms with E-state index in [1.807, 2.05) is 0 Å². The zero-order valence-corrected chi connectivity index (χ0v) is 11.0. The molecule has 0 fully saturated rings. The van der Waals surface area contributed by atoms with E-state index in [1.165, 1.54) is 0 Å². The van der Waals surface area contributed by atoms with E-state index in [-0.39, 0.29) is 44.3 Å². The molecule has 0 aromatic carbocycles. The predicted molar refractivity (Wildman–Crippen MR) is 35.8 cm³/mol. The average molecular weight is 337 g/mol. The number of rotatable bonds is 0. The first-order chi connectivity index (χ1) is 7.93. The molecule has 0 atom stereocenters. The maximum absolute atomic E-state index is 8.93. The molecule has 0 saturated carbocycles. The van der Waals surface area contributed by atoms with E-state index in [2.05, 4.69) is 0 Å². The van der Waals surface area contributed by atoms with Gasteiger partial charge in [-0.15, -0.1) is 0 Å². The Bertz CT molecular complexity index is 289. The topological polar surface area (TPSA) is 241 Å². The van der Waals surface area contributed by atoms with E-state index < -0.39 is 35.8 Å². The normalized spacial score (nSPS) is 6.29. The van der Waals surface area contributed by atoms with Crippen molar-refractivity contribution in [2.45, 2.75) is 0 Å². The fraction of sp³-hybridized carbons (Fsp3) is 0. The standard InChI is InChI=1S/3C2H2O4.B.Li.Mn/c3*3-1(4)2(5)6;;;/h3*(H,3,4)(H,5,6);;;/q;;;+3;+1;+2/p-6. The second-order valence-corrected chi connectivity index (χ2v) is 1.72. The molecule has 0 N–H and O–H groups in total. The molecular weight excluding hydrogens is 337 g/mol. The molecule has 0 aliphatic heterocycles. The van der Waals surface area contributed by atoms with Crippen molar-refractivity contribution in [3.63, 3.8) is 0 Å². The summed E-state index contributed by atoms with van der Waals surface area (Å²) in [5.41, 5.74) is 0. The number of aliphatic carboxylic acids is 6. The fourth-order valence-corrected chi connectivity index (χ4v) is 0. The number of carboxylic acids is 6. The van der Waals surface area contributed by atoms with Gasteiger partial charge in [0.2, 0.25) is 0 Å². The largest absolute Gasteiger partial charge is 3.00 e. The summed E-state index contributed by atoms with van der Waals surface area (Å²) in [4.78, 5) is 53.6. The van der Waals surface area contributed by atoms with Crippen molar-refractivity contribution in [2.24, 2.45) is 0 Å². The summed E-state index contributed by atoms with van der Waals surface area (Å²) in [5, 5.41) is 53.6. The fourth-order valence-electron chi connectivity index (χ4n) is 0. The molecule has 0 aromatic heterocycles. The predicted octanol–water partition coefficient (Wildman–Crippen LogP) is -13.9. The number of hydrogen-bond acceptors (Lipinski definition) is 12. The van der Waals surface area contributed by atoms with Crippen molar-refractivity contribution in [3.05, 3.63) is 0 Å². The number of hydrogen-bond donors (Lipinski definition) is 0. The maximum atomic E-state index is 8.93. The van der Waals surface area contributed by atoms with Crippen LogP contribution in [0.2, 0.25) is 0 Å². The molecule has 0 aliphatic carbocycles. The van der Waals surface area contributed by atoms with Crippen LogP contribution in [0.5, 0.6) is 0 Å². The minimum absolute atomic E-state index is 0. The van der Waals surface area contributed by atoms with Gasteiger partial charge in [-0.2, -0.15) is 0 Å². The smallest absolute Gasteiger partial charge is 0.543 e. The monoisotopic (exact) mass is 337 g/mol. The third kappa shape index (κ3) is 46.1. The molecule has 0 amide bonds. The Hall–Kier alpha value is -2.00. The molecule has 15 heteroatoms. The molecule has 0 spiro atoms. The van der Waals surface area contributed by atoms with Crippen LogP contribution >= 0.6 is 0 Å². The zero-order chi connectivity index (χ0) is 15.5. The molecule has 0 bridgehead atoms. The molecular formula is C6BLiMnO12. The van der Waals surface area contributed by atoms with Gasteiger partial charge in [0.05, 0.1) is 35.8 Å². The van der Waals surface area contributed by atoms with Crippen LogP contribution in [0.25, 0.3) is 0 Å². The van der Waals surface area contributed by atoms with Crippen LogP contribution in [0, 0.1) is 0 Å². The first kappa shape index (κ1) is 36.4. The molecule has 0 aliphatic rings. The molecule has 0 rings (SSSR count). The van der Waals surface area contributed by atoms with Gasteiger partial charge in [-0.25, -0.2) is 0 Å². The second kappa shape index (κ2) is 20.3. The molecule has 107 valence electrons. The Morgan fingerprint density at radius 3 is 0.476 bits per heavy atom. The quantitative estimate of drug-likeness (QED) is 0.295. The van der Waals surface area contributed by atoms with E-state index in [0.29, 0.717) is 0 Å². The average Bonchev–Trinajstić information content (AvgIpc) is 2.18. The Morgan fingerprint density at radius 2 is 0.476 bits per heavy atom. The molecule has 21 heavy (non-hydrogen) atoms. The van der Waals surface area contributed by atoms with Gasteiger partial charge in [0.1, 0.15) is 0 Å². The summed E-state index contributed by atoms with van der Waals surface area (Å²) >= 11 is 0. The van der Waals surface area contributed by atoms with Crippen LogP contribution in [-0.4, -0.2) is 44.2 Å². The van der Waals surface area contributed by atoms with E-state index >= 15 is 0 Å². The summed E-state index contributed by atoms with van der Waals surface area (Å²) in [6.07, 6.45) is 0. The minimum Gasteiger partial charge on any atom is -0.543 e. The van der Waals surface area contributed by atoms with Crippen LogP contribution in [0.1, 0.15) is 0 Å². The minimum atomic E-state index is -2.19. The summed E-state index contributed by atoms with van der Waals surface area (Å²) in [5.74, 6) is -13.1. The van der Waals surface area contributed by atoms with E-state index in [0.717, 1.165) is 0 Å². The van der Waals surface area contributed by atoms with Gasteiger partial charge < -0.3 is 59.4 Å². The first-order valence-corrected chi connectivity index (χ1v) is 3.20. The molecule has 0 unspecified atom stereocenters. The third-order valence-corrected chi connectivity index (χ3v) is 0.500. The SMILES string of the molecule is O=C([O-])C(=O)[O-].O=C([O-])C(=O)[O-].O=C([O-])C(=O)[O-].[B+3].[Li+].[Mn+2]. The van der Waals surface area contributed by atoms with Crippen LogP contribution in [0.3, 0.4) is 0 Å². The van der Waals surface area contributed by atoms with Crippen LogP contribution in [0.4, 0.5) is 0 Å². The van der Waals surface area contributed by atoms with Crippen molar-refractivity contribution in [1.29, 1.82) is 0 Å². The number of carbonyl (C=O) groups is 6. The van der Waals surface area contributed by atoms with Gasteiger partial charge in [-0.05, 0) is 0 Å². The summed E-state index contributed by atoms with van der Waals surface area (Å²) in [6, 6.07) is 0. The van der Waals surface area contributed by atoms with E-state index in [9.17, 15) is 0 Å². The van der Waals surface area contributed by atoms with Crippen molar-refractivity contribution in [1.82, 2.24) is 0 Å². The Kier molecular flexibility index (Phi) is 35.3. The second-order valence-electron chi connectivity index (χ2n) is 1.72. The summed E-state index contributed by atoms with van der Waals surface area (Å²) < 4.78 is 0. The van der Waals surface area contributed by atoms with Crippen LogP contribution in [0.15, 0.2) is 0 Å². The summed E-state index contributed by atoms with van der Waals surface area (Å²) in [7, 11) is 0. The Balaban J connectivity index is -0.0000000375. The molecule has 0 heterocycles. The van der Waals surface area contributed by atoms with Crippen molar-refractivity contribution in [3.8, 4) is 0 Å². The van der Waals surface area contributed by atoms with Crippen molar-refractivity contribution < 1.29 is 95.3 Å². The van der Waals surface area contributed by atoms with E-state index in [1.54, 1.807) is 0 Å². The van der Waals surface area contributed by atoms with Crippen LogP contribution in [-0.2, 0) is 45.8 Å². The molecule has 0 saturated heterocycles. The third-order valence-electron chi connectivity index (χ3n) is 0.500. The summed E-state index contributed by atoms with van der Waals surface area (Å²) in [6.45, 7) is 0. The first-order valence-electron chi connectivity index (χ1n) is 3.20. The molecule has 12 nitrogen and oxygen atoms in total. The Morgan fingerprint density at radius 1 is 0.429 bits per heavy atom. The number of carboxylic acid groups (broad SMARTS) is 6.